The Balaban J connectivity index is 2.07. The van der Waals surface area contributed by atoms with Gasteiger partial charge in [-0.2, -0.15) is 18.4 Å². The van der Waals surface area contributed by atoms with Crippen LogP contribution in [0.4, 0.5) is 28.9 Å². The molecule has 0 aliphatic carbocycles. The highest BCUT2D eigenvalue weighted by Gasteiger charge is 2.44. The van der Waals surface area contributed by atoms with Gasteiger partial charge in [-0.15, -0.1) is 0 Å². The number of nitro groups is 1. The number of carbonyl (C=O) groups excluding carboxylic acids is 1. The van der Waals surface area contributed by atoms with Crippen LogP contribution >= 0.6 is 11.6 Å². The first-order chi connectivity index (χ1) is 17.6. The van der Waals surface area contributed by atoms with Crippen molar-refractivity contribution in [3.8, 4) is 6.07 Å². The molecule has 0 saturated carbocycles. The zero-order chi connectivity index (χ0) is 28.5. The summed E-state index contributed by atoms with van der Waals surface area (Å²) in [4.78, 5) is 22.6. The third-order valence-corrected chi connectivity index (χ3v) is 7.36. The lowest BCUT2D eigenvalue weighted by atomic mass is 9.93. The van der Waals surface area contributed by atoms with Crippen LogP contribution in [0.25, 0.3) is 0 Å². The van der Waals surface area contributed by atoms with E-state index in [0.29, 0.717) is 30.3 Å². The number of hydrogen-bond donors (Lipinski definition) is 2. The molecule has 0 fully saturated rings. The summed E-state index contributed by atoms with van der Waals surface area (Å²) in [7, 11) is -4.71. The molecule has 1 amide bonds. The van der Waals surface area contributed by atoms with E-state index in [2.05, 4.69) is 5.32 Å². The van der Waals surface area contributed by atoms with Crippen molar-refractivity contribution < 1.29 is 40.8 Å². The van der Waals surface area contributed by atoms with E-state index in [9.17, 15) is 46.0 Å². The minimum Gasteiger partial charge on any atom is -0.374 e. The number of nitrogens with one attached hydrogen (secondary N) is 1. The predicted octanol–water partition coefficient (Wildman–Crippen LogP) is 4.58. The zero-order valence-corrected chi connectivity index (χ0v) is 20.2. The van der Waals surface area contributed by atoms with E-state index in [0.717, 1.165) is 30.3 Å². The first kappa shape index (κ1) is 28.5. The molecule has 0 bridgehead atoms. The Morgan fingerprint density at radius 3 is 2.18 bits per heavy atom. The van der Waals surface area contributed by atoms with Crippen LogP contribution in [0.1, 0.15) is 16.7 Å². The maximum absolute atomic E-state index is 14.1. The zero-order valence-electron chi connectivity index (χ0n) is 18.7. The summed E-state index contributed by atoms with van der Waals surface area (Å²) in [5, 5.41) is 32.9. The number of nitriles is 1. The van der Waals surface area contributed by atoms with Gasteiger partial charge in [-0.25, -0.2) is 12.8 Å². The number of hydrogen-bond acceptors (Lipinski definition) is 7. The number of alkyl halides is 3. The van der Waals surface area contributed by atoms with Crippen LogP contribution in [0.2, 0.25) is 5.02 Å². The molecule has 38 heavy (non-hydrogen) atoms. The molecule has 9 nitrogen and oxygen atoms in total. The summed E-state index contributed by atoms with van der Waals surface area (Å²) < 4.78 is 79.3. The third kappa shape index (κ3) is 5.91. The molecular formula is C23H14ClF4N3O6S. The molecule has 0 spiro atoms. The molecule has 198 valence electrons. The van der Waals surface area contributed by atoms with Crippen LogP contribution in [0.15, 0.2) is 65.6 Å². The Hall–Kier alpha value is -4.06. The smallest absolute Gasteiger partial charge is 0.374 e. The number of halogens is 5. The van der Waals surface area contributed by atoms with Gasteiger partial charge in [-0.3, -0.25) is 14.9 Å². The Kier molecular flexibility index (Phi) is 7.78. The third-order valence-electron chi connectivity index (χ3n) is 5.29. The highest BCUT2D eigenvalue weighted by atomic mass is 35.5. The van der Waals surface area contributed by atoms with Gasteiger partial charge >= 0.3 is 6.18 Å². The summed E-state index contributed by atoms with van der Waals surface area (Å²) in [6, 6.07) is 9.03. The summed E-state index contributed by atoms with van der Waals surface area (Å²) in [6.45, 7) is 0. The fraction of sp³-hybridized carbons (Fsp3) is 0.130. The van der Waals surface area contributed by atoms with Crippen molar-refractivity contribution in [2.24, 2.45) is 0 Å². The van der Waals surface area contributed by atoms with Crippen LogP contribution in [-0.2, 0) is 26.4 Å². The Labute approximate surface area is 217 Å². The van der Waals surface area contributed by atoms with Crippen LogP contribution in [-0.4, -0.2) is 30.1 Å². The molecule has 1 unspecified atom stereocenters. The summed E-state index contributed by atoms with van der Waals surface area (Å²) in [6.07, 6.45) is -4.78. The van der Waals surface area contributed by atoms with Crippen molar-refractivity contribution in [1.82, 2.24) is 0 Å². The van der Waals surface area contributed by atoms with Gasteiger partial charge in [0.2, 0.25) is 0 Å². The number of aliphatic hydroxyl groups is 1. The lowest BCUT2D eigenvalue weighted by molar-refractivity contribution is -0.384. The highest BCUT2D eigenvalue weighted by molar-refractivity contribution is 7.91. The topological polar surface area (TPSA) is 150 Å². The second-order valence-electron chi connectivity index (χ2n) is 7.83. The average Bonchev–Trinajstić information content (AvgIpc) is 2.83. The largest absolute Gasteiger partial charge is 0.416 e. The normalized spacial score (nSPS) is 13.3. The number of sulfone groups is 1. The minimum absolute atomic E-state index is 0.210. The predicted molar refractivity (Wildman–Crippen MR) is 125 cm³/mol. The number of rotatable bonds is 7. The fourth-order valence-electron chi connectivity index (χ4n) is 3.32. The van der Waals surface area contributed by atoms with Crippen LogP contribution in [0, 0.1) is 27.3 Å². The van der Waals surface area contributed by atoms with E-state index in [1.807, 2.05) is 0 Å². The van der Waals surface area contributed by atoms with E-state index in [-0.39, 0.29) is 5.69 Å². The fourth-order valence-corrected chi connectivity index (χ4v) is 5.14. The maximum Gasteiger partial charge on any atom is 0.416 e. The molecule has 0 aromatic heterocycles. The second-order valence-corrected chi connectivity index (χ2v) is 10.2. The van der Waals surface area contributed by atoms with Gasteiger partial charge in [0.25, 0.3) is 11.6 Å². The molecule has 3 aromatic carbocycles. The second kappa shape index (κ2) is 10.4. The van der Waals surface area contributed by atoms with Gasteiger partial charge < -0.3 is 10.4 Å². The Bertz CT molecular complexity index is 1570. The number of benzene rings is 3. The van der Waals surface area contributed by atoms with Gasteiger partial charge in [0, 0.05) is 11.8 Å². The SMILES string of the molecule is N#Cc1ccc(S(=O)(=O)CC(O)(C(=O)Nc2ccc([N+](=O)[O-])c(Cl)c2)c2ccc(C(F)(F)F)cc2)cc1F. The molecule has 3 rings (SSSR count). The summed E-state index contributed by atoms with van der Waals surface area (Å²) >= 11 is 5.81. The standard InChI is InChI=1S/C23H14ClF4N3O6S/c24-18-9-16(6-8-20(18)31(34)35)30-21(32)22(33,14-2-4-15(5-3-14)23(26,27)28)12-38(36,37)17-7-1-13(11-29)19(25)10-17/h1-10,33H,12H2,(H,30,32). The van der Waals surface area contributed by atoms with Gasteiger partial charge in [-0.05, 0) is 48.0 Å². The first-order valence-corrected chi connectivity index (χ1v) is 12.2. The van der Waals surface area contributed by atoms with Crippen LogP contribution in [0.5, 0.6) is 0 Å². The van der Waals surface area contributed by atoms with Crippen molar-refractivity contribution in [3.63, 3.8) is 0 Å². The van der Waals surface area contributed by atoms with Crippen molar-refractivity contribution in [2.75, 3.05) is 11.1 Å². The van der Waals surface area contributed by atoms with Crippen molar-refractivity contribution in [3.05, 3.63) is 98.3 Å². The molecule has 0 radical (unpaired) electrons. The lowest BCUT2D eigenvalue weighted by Gasteiger charge is -2.28. The molecule has 0 heterocycles. The maximum atomic E-state index is 14.1. The molecule has 2 N–H and O–H groups in total. The summed E-state index contributed by atoms with van der Waals surface area (Å²) in [5.74, 6) is -4.10. The monoisotopic (exact) mass is 571 g/mol. The summed E-state index contributed by atoms with van der Waals surface area (Å²) in [5.41, 5.74) is -5.96. The van der Waals surface area contributed by atoms with E-state index in [1.165, 1.54) is 6.07 Å². The van der Waals surface area contributed by atoms with Crippen molar-refractivity contribution in [1.29, 1.82) is 5.26 Å². The van der Waals surface area contributed by atoms with Gasteiger partial charge in [0.05, 0.1) is 26.7 Å². The number of anilines is 1. The van der Waals surface area contributed by atoms with Crippen LogP contribution in [0.3, 0.4) is 0 Å². The minimum atomic E-state index is -4.78. The molecule has 0 aliphatic rings. The number of nitrogens with zero attached hydrogens (tertiary/aromatic N) is 2. The first-order valence-electron chi connectivity index (χ1n) is 10.2. The quantitative estimate of drug-likeness (QED) is 0.239. The molecule has 3 aromatic rings. The average molecular weight is 572 g/mol. The van der Waals surface area contributed by atoms with Crippen molar-refractivity contribution >= 4 is 38.7 Å². The van der Waals surface area contributed by atoms with Gasteiger partial charge in [-0.1, -0.05) is 23.7 Å². The highest BCUT2D eigenvalue weighted by Crippen LogP contribution is 2.34. The van der Waals surface area contributed by atoms with E-state index in [1.54, 1.807) is 0 Å². The molecule has 1 atom stereocenters. The Morgan fingerprint density at radius 2 is 1.68 bits per heavy atom. The molecule has 0 saturated heterocycles. The number of nitro benzene ring substituents is 1. The van der Waals surface area contributed by atoms with Gasteiger partial charge in [0.15, 0.2) is 15.4 Å². The van der Waals surface area contributed by atoms with E-state index >= 15 is 0 Å². The van der Waals surface area contributed by atoms with Crippen molar-refractivity contribution in [2.45, 2.75) is 16.7 Å². The molecular weight excluding hydrogens is 558 g/mol. The van der Waals surface area contributed by atoms with E-state index < -0.39 is 76.3 Å². The Morgan fingerprint density at radius 1 is 1.08 bits per heavy atom. The number of amides is 1. The number of carbonyl (C=O) groups is 1. The van der Waals surface area contributed by atoms with E-state index in [4.69, 9.17) is 16.9 Å². The van der Waals surface area contributed by atoms with Crippen LogP contribution < -0.4 is 5.32 Å². The van der Waals surface area contributed by atoms with Gasteiger partial charge in [0.1, 0.15) is 16.9 Å². The lowest BCUT2D eigenvalue weighted by Crippen LogP contribution is -2.46. The molecule has 0 aliphatic heterocycles. The molecule has 15 heteroatoms.